The van der Waals surface area contributed by atoms with Crippen LogP contribution in [0.5, 0.6) is 0 Å². The van der Waals surface area contributed by atoms with Crippen molar-refractivity contribution in [2.75, 3.05) is 0 Å². The Hall–Kier alpha value is -0.855. The fourth-order valence-electron chi connectivity index (χ4n) is 0.806. The highest BCUT2D eigenvalue weighted by atomic mass is 19.3. The van der Waals surface area contributed by atoms with E-state index in [-0.39, 0.29) is 5.56 Å². The van der Waals surface area contributed by atoms with Crippen molar-refractivity contribution in [3.63, 3.8) is 0 Å². The zero-order valence-electron chi connectivity index (χ0n) is 5.64. The first kappa shape index (κ1) is 7.25. The van der Waals surface area contributed by atoms with Crippen molar-refractivity contribution in [3.05, 3.63) is 29.8 Å². The lowest BCUT2D eigenvalue weighted by Crippen LogP contribution is -2.02. The number of halogens is 2. The van der Waals surface area contributed by atoms with Crippen LogP contribution in [0, 0.1) is 0 Å². The molecular weight excluding hydrogens is 133 g/mol. The third-order valence-corrected chi connectivity index (χ3v) is 1.29. The number of alkyl halides is 2. The minimum Gasteiger partial charge on any atom is -0.205 e. The van der Waals surface area contributed by atoms with E-state index in [4.69, 9.17) is 0 Å². The smallest absolute Gasteiger partial charge is 0.205 e. The average Bonchev–Trinajstić information content (AvgIpc) is 1.88. The molecule has 0 spiro atoms. The minimum atomic E-state index is -2.35. The Kier molecular flexibility index (Phi) is 2.04. The van der Waals surface area contributed by atoms with Gasteiger partial charge in [-0.25, -0.2) is 8.78 Å². The molecule has 0 saturated carbocycles. The van der Waals surface area contributed by atoms with Gasteiger partial charge in [-0.2, -0.15) is 0 Å². The van der Waals surface area contributed by atoms with Crippen molar-refractivity contribution < 1.29 is 8.78 Å². The van der Waals surface area contributed by atoms with Gasteiger partial charge in [0.05, 0.1) is 0 Å². The zero-order valence-corrected chi connectivity index (χ0v) is 5.64. The molecule has 0 bridgehead atoms. The Labute approximate surface area is 59.3 Å². The van der Waals surface area contributed by atoms with Crippen LogP contribution in [0.25, 0.3) is 0 Å². The molecule has 0 fully saturated rings. The van der Waals surface area contributed by atoms with Crippen molar-refractivity contribution in [2.24, 2.45) is 0 Å². The molecule has 1 rings (SSSR count). The molecule has 0 unspecified atom stereocenters. The normalized spacial score (nSPS) is 10.3. The Morgan fingerprint density at radius 1 is 1.30 bits per heavy atom. The quantitative estimate of drug-likeness (QED) is 0.508. The van der Waals surface area contributed by atoms with E-state index in [2.05, 4.69) is 0 Å². The van der Waals surface area contributed by atoms with E-state index in [1.54, 1.807) is 20.0 Å². The molecule has 1 aromatic carbocycles. The molecule has 3 heteroatoms. The number of benzene rings is 1. The van der Waals surface area contributed by atoms with Crippen molar-refractivity contribution >= 4 is 13.3 Å². The highest BCUT2D eigenvalue weighted by molar-refractivity contribution is 6.32. The van der Waals surface area contributed by atoms with Crippen LogP contribution in [0.3, 0.4) is 0 Å². The summed E-state index contributed by atoms with van der Waals surface area (Å²) in [5.41, 5.74) is 0.970. The van der Waals surface area contributed by atoms with Gasteiger partial charge in [0.25, 0.3) is 6.43 Å². The van der Waals surface area contributed by atoms with E-state index in [1.165, 1.54) is 12.1 Å². The second-order valence-electron chi connectivity index (χ2n) is 2.21. The molecule has 0 nitrogen and oxygen atoms in total. The molecule has 0 N–H and O–H groups in total. The van der Waals surface area contributed by atoms with E-state index in [0.29, 0.717) is 0 Å². The van der Waals surface area contributed by atoms with Crippen molar-refractivity contribution in [3.8, 4) is 0 Å². The first-order chi connectivity index (χ1) is 4.70. The van der Waals surface area contributed by atoms with Gasteiger partial charge in [-0.3, -0.25) is 0 Å². The van der Waals surface area contributed by atoms with Gasteiger partial charge in [0, 0.05) is 5.56 Å². The first-order valence-electron chi connectivity index (χ1n) is 3.05. The predicted molar refractivity (Wildman–Crippen MR) is 39.6 cm³/mol. The summed E-state index contributed by atoms with van der Waals surface area (Å²) >= 11 is 0. The Morgan fingerprint density at radius 2 is 2.00 bits per heavy atom. The summed E-state index contributed by atoms with van der Waals surface area (Å²) in [6.07, 6.45) is -2.35. The van der Waals surface area contributed by atoms with Crippen LogP contribution in [-0.4, -0.2) is 7.85 Å². The molecule has 0 radical (unpaired) electrons. The minimum absolute atomic E-state index is 0.0972. The summed E-state index contributed by atoms with van der Waals surface area (Å²) in [6.45, 7) is 0. The fraction of sp³-hybridized carbons (Fsp3) is 0.143. The highest BCUT2D eigenvalue weighted by Crippen LogP contribution is 2.15. The third kappa shape index (κ3) is 1.56. The van der Waals surface area contributed by atoms with Crippen LogP contribution in [0.2, 0.25) is 0 Å². The number of hydrogen-bond acceptors (Lipinski definition) is 0. The first-order valence-corrected chi connectivity index (χ1v) is 3.05. The monoisotopic (exact) mass is 140 g/mol. The molecule has 1 aromatic rings. The lowest BCUT2D eigenvalue weighted by Gasteiger charge is -1.98. The highest BCUT2D eigenvalue weighted by Gasteiger charge is 2.04. The van der Waals surface area contributed by atoms with E-state index >= 15 is 0 Å². The summed E-state index contributed by atoms with van der Waals surface area (Å²) in [7, 11) is 1.80. The molecule has 0 atom stereocenters. The lowest BCUT2D eigenvalue weighted by atomic mass is 9.95. The molecule has 0 aliphatic rings. The SMILES string of the molecule is Bc1cccc(C(F)F)c1. The maximum atomic E-state index is 11.9. The molecule has 52 valence electrons. The summed E-state index contributed by atoms with van der Waals surface area (Å²) < 4.78 is 23.9. The van der Waals surface area contributed by atoms with Gasteiger partial charge >= 0.3 is 0 Å². The van der Waals surface area contributed by atoms with Gasteiger partial charge in [-0.1, -0.05) is 29.7 Å². The van der Waals surface area contributed by atoms with Crippen LogP contribution < -0.4 is 5.46 Å². The summed E-state index contributed by atoms with van der Waals surface area (Å²) in [5.74, 6) is 0. The zero-order chi connectivity index (χ0) is 7.56. The van der Waals surface area contributed by atoms with Crippen molar-refractivity contribution in [2.45, 2.75) is 6.43 Å². The molecule has 0 aliphatic heterocycles. The van der Waals surface area contributed by atoms with Gasteiger partial charge in [0.1, 0.15) is 7.85 Å². The maximum absolute atomic E-state index is 11.9. The van der Waals surface area contributed by atoms with Crippen molar-refractivity contribution in [1.82, 2.24) is 0 Å². The van der Waals surface area contributed by atoms with E-state index in [9.17, 15) is 8.78 Å². The molecular formula is C7H7BF2. The van der Waals surface area contributed by atoms with Crippen LogP contribution >= 0.6 is 0 Å². The van der Waals surface area contributed by atoms with Crippen LogP contribution in [-0.2, 0) is 0 Å². The van der Waals surface area contributed by atoms with Gasteiger partial charge in [0.2, 0.25) is 0 Å². The standard InChI is InChI=1S/C7H7BF2/c8-6-3-1-2-5(4-6)7(9)10/h1-4,7H,8H2. The number of hydrogen-bond donors (Lipinski definition) is 0. The van der Waals surface area contributed by atoms with E-state index in [1.807, 2.05) is 0 Å². The van der Waals surface area contributed by atoms with E-state index < -0.39 is 6.43 Å². The third-order valence-electron chi connectivity index (χ3n) is 1.29. The Morgan fingerprint density at radius 3 is 2.40 bits per heavy atom. The van der Waals surface area contributed by atoms with Gasteiger partial charge in [-0.15, -0.1) is 0 Å². The van der Waals surface area contributed by atoms with Gasteiger partial charge in [-0.05, 0) is 0 Å². The molecule has 0 aromatic heterocycles. The molecule has 0 heterocycles. The topological polar surface area (TPSA) is 0 Å². The Balaban J connectivity index is 2.96. The van der Waals surface area contributed by atoms with Gasteiger partial charge < -0.3 is 0 Å². The second kappa shape index (κ2) is 2.82. The second-order valence-corrected chi connectivity index (χ2v) is 2.21. The fourth-order valence-corrected chi connectivity index (χ4v) is 0.806. The largest absolute Gasteiger partial charge is 0.263 e. The molecule has 0 aliphatic carbocycles. The Bertz CT molecular complexity index is 223. The van der Waals surface area contributed by atoms with Crippen LogP contribution in [0.15, 0.2) is 24.3 Å². The average molecular weight is 140 g/mol. The van der Waals surface area contributed by atoms with Crippen molar-refractivity contribution in [1.29, 1.82) is 0 Å². The maximum Gasteiger partial charge on any atom is 0.263 e. The molecule has 10 heavy (non-hydrogen) atoms. The summed E-state index contributed by atoms with van der Waals surface area (Å²) in [4.78, 5) is 0. The molecule has 0 amide bonds. The van der Waals surface area contributed by atoms with Gasteiger partial charge in [0.15, 0.2) is 0 Å². The van der Waals surface area contributed by atoms with Crippen LogP contribution in [0.1, 0.15) is 12.0 Å². The lowest BCUT2D eigenvalue weighted by molar-refractivity contribution is 0.151. The van der Waals surface area contributed by atoms with Crippen LogP contribution in [0.4, 0.5) is 8.78 Å². The summed E-state index contributed by atoms with van der Waals surface area (Å²) in [6, 6.07) is 6.35. The number of rotatable bonds is 1. The molecule has 0 saturated heterocycles. The summed E-state index contributed by atoms with van der Waals surface area (Å²) in [5, 5.41) is 0. The van der Waals surface area contributed by atoms with E-state index in [0.717, 1.165) is 5.46 Å². The predicted octanol–water partition coefficient (Wildman–Crippen LogP) is 0.883.